The Labute approximate surface area is 110 Å². The van der Waals surface area contributed by atoms with Gasteiger partial charge in [0, 0.05) is 12.5 Å². The lowest BCUT2D eigenvalue weighted by Crippen LogP contribution is -2.08. The molecule has 0 amide bonds. The molecule has 0 saturated heterocycles. The first-order chi connectivity index (χ1) is 8.79. The average molecular weight is 280 g/mol. The number of hydrogen-bond donors (Lipinski definition) is 1. The predicted molar refractivity (Wildman–Crippen MR) is 68.4 cm³/mol. The fourth-order valence-electron chi connectivity index (χ4n) is 1.69. The van der Waals surface area contributed by atoms with Crippen molar-refractivity contribution in [2.45, 2.75) is 11.8 Å². The van der Waals surface area contributed by atoms with Crippen molar-refractivity contribution in [2.24, 2.45) is 0 Å². The van der Waals surface area contributed by atoms with E-state index in [0.717, 1.165) is 6.26 Å². The summed E-state index contributed by atoms with van der Waals surface area (Å²) < 4.78 is 24.8. The second-order valence-electron chi connectivity index (χ2n) is 4.16. The van der Waals surface area contributed by atoms with E-state index < -0.39 is 15.8 Å². The third-order valence-electron chi connectivity index (χ3n) is 2.57. The summed E-state index contributed by atoms with van der Waals surface area (Å²) in [5.74, 6) is -1.12. The summed E-state index contributed by atoms with van der Waals surface area (Å²) in [5.41, 5.74) is 0.950. The Morgan fingerprint density at radius 2 is 2.00 bits per heavy atom. The maximum Gasteiger partial charge on any atom is 0.335 e. The van der Waals surface area contributed by atoms with Gasteiger partial charge in [0.2, 0.25) is 0 Å². The quantitative estimate of drug-likeness (QED) is 0.914. The number of nitrogens with zero attached hydrogens (tertiary/aromatic N) is 2. The van der Waals surface area contributed by atoms with Crippen LogP contribution in [0.25, 0.3) is 5.69 Å². The van der Waals surface area contributed by atoms with Gasteiger partial charge in [0.25, 0.3) is 0 Å². The number of hydrogen-bond acceptors (Lipinski definition) is 4. The van der Waals surface area contributed by atoms with Crippen LogP contribution >= 0.6 is 0 Å². The highest BCUT2D eigenvalue weighted by atomic mass is 32.2. The van der Waals surface area contributed by atoms with E-state index in [2.05, 4.69) is 5.10 Å². The fourth-order valence-corrected chi connectivity index (χ4v) is 2.54. The summed E-state index contributed by atoms with van der Waals surface area (Å²) in [6, 6.07) is 5.55. The van der Waals surface area contributed by atoms with Gasteiger partial charge >= 0.3 is 5.97 Å². The molecular formula is C12H12N2O4S. The minimum Gasteiger partial charge on any atom is -0.478 e. The fraction of sp³-hybridized carbons (Fsp3) is 0.167. The molecule has 0 unspecified atom stereocenters. The van der Waals surface area contributed by atoms with Gasteiger partial charge in [-0.1, -0.05) is 0 Å². The molecule has 1 aromatic carbocycles. The van der Waals surface area contributed by atoms with Crippen LogP contribution in [0.1, 0.15) is 16.1 Å². The first-order valence-electron chi connectivity index (χ1n) is 5.39. The molecule has 1 heterocycles. The monoisotopic (exact) mass is 280 g/mol. The summed E-state index contributed by atoms with van der Waals surface area (Å²) in [6.45, 7) is 1.76. The maximum absolute atomic E-state index is 11.7. The Kier molecular flexibility index (Phi) is 3.15. The van der Waals surface area contributed by atoms with Crippen molar-refractivity contribution in [1.82, 2.24) is 9.78 Å². The van der Waals surface area contributed by atoms with E-state index in [1.54, 1.807) is 19.2 Å². The van der Waals surface area contributed by atoms with Crippen LogP contribution in [0.15, 0.2) is 35.4 Å². The molecule has 2 aromatic rings. The second kappa shape index (κ2) is 4.51. The second-order valence-corrected chi connectivity index (χ2v) is 6.15. The molecule has 19 heavy (non-hydrogen) atoms. The number of carboxylic acid groups (broad SMARTS) is 1. The lowest BCUT2D eigenvalue weighted by molar-refractivity contribution is 0.0696. The van der Waals surface area contributed by atoms with Crippen LogP contribution in [0.5, 0.6) is 0 Å². The van der Waals surface area contributed by atoms with Crippen LogP contribution in [-0.4, -0.2) is 35.5 Å². The van der Waals surface area contributed by atoms with Crippen molar-refractivity contribution in [1.29, 1.82) is 0 Å². The molecule has 0 bridgehead atoms. The largest absolute Gasteiger partial charge is 0.478 e. The van der Waals surface area contributed by atoms with E-state index in [9.17, 15) is 13.2 Å². The first kappa shape index (κ1) is 13.3. The van der Waals surface area contributed by atoms with Crippen LogP contribution in [0.3, 0.4) is 0 Å². The molecular weight excluding hydrogens is 268 g/mol. The zero-order valence-electron chi connectivity index (χ0n) is 10.4. The van der Waals surface area contributed by atoms with Gasteiger partial charge in [-0.05, 0) is 31.2 Å². The highest BCUT2D eigenvalue weighted by molar-refractivity contribution is 7.90. The molecule has 0 aliphatic rings. The van der Waals surface area contributed by atoms with E-state index in [0.29, 0.717) is 5.69 Å². The number of benzene rings is 1. The van der Waals surface area contributed by atoms with E-state index in [-0.39, 0.29) is 16.1 Å². The Hall–Kier alpha value is -2.15. The van der Waals surface area contributed by atoms with Gasteiger partial charge < -0.3 is 5.11 Å². The normalized spacial score (nSPS) is 11.5. The Balaban J connectivity index is 2.73. The van der Waals surface area contributed by atoms with Gasteiger partial charge in [-0.3, -0.25) is 0 Å². The summed E-state index contributed by atoms with van der Waals surface area (Å²) in [7, 11) is -3.47. The maximum atomic E-state index is 11.7. The van der Waals surface area contributed by atoms with Gasteiger partial charge in [0.15, 0.2) is 9.84 Å². The zero-order chi connectivity index (χ0) is 14.2. The molecule has 2 rings (SSSR count). The first-order valence-corrected chi connectivity index (χ1v) is 7.28. The topological polar surface area (TPSA) is 89.3 Å². The third-order valence-corrected chi connectivity index (χ3v) is 3.72. The van der Waals surface area contributed by atoms with E-state index in [1.807, 2.05) is 0 Å². The smallest absolute Gasteiger partial charge is 0.335 e. The van der Waals surface area contributed by atoms with E-state index >= 15 is 0 Å². The molecule has 0 fully saturated rings. The Bertz CT molecular complexity index is 747. The molecule has 1 N–H and O–H groups in total. The Morgan fingerprint density at radius 3 is 2.47 bits per heavy atom. The lowest BCUT2D eigenvalue weighted by atomic mass is 10.2. The van der Waals surface area contributed by atoms with E-state index in [1.165, 1.54) is 22.9 Å². The molecule has 0 atom stereocenters. The molecule has 0 aliphatic heterocycles. The lowest BCUT2D eigenvalue weighted by Gasteiger charge is -2.09. The highest BCUT2D eigenvalue weighted by Gasteiger charge is 2.17. The SMILES string of the molecule is Cc1ccn(-c2cc(C(=O)O)ccc2S(C)(=O)=O)n1. The minimum absolute atomic E-state index is 0.00977. The number of aromatic nitrogens is 2. The summed E-state index contributed by atoms with van der Waals surface area (Å²) in [6.07, 6.45) is 2.66. The van der Waals surface area contributed by atoms with E-state index in [4.69, 9.17) is 5.11 Å². The number of sulfone groups is 1. The van der Waals surface area contributed by atoms with Crippen molar-refractivity contribution < 1.29 is 18.3 Å². The average Bonchev–Trinajstić information content (AvgIpc) is 2.73. The van der Waals surface area contributed by atoms with Crippen molar-refractivity contribution in [3.63, 3.8) is 0 Å². The number of rotatable bonds is 3. The third kappa shape index (κ3) is 2.65. The van der Waals surface area contributed by atoms with Gasteiger partial charge in [-0.15, -0.1) is 0 Å². The molecule has 6 nitrogen and oxygen atoms in total. The number of aromatic carboxylic acids is 1. The molecule has 100 valence electrons. The molecule has 7 heteroatoms. The van der Waals surface area contributed by atoms with Gasteiger partial charge in [0.1, 0.15) is 0 Å². The molecule has 0 aliphatic carbocycles. The Morgan fingerprint density at radius 1 is 1.32 bits per heavy atom. The predicted octanol–water partition coefficient (Wildman–Crippen LogP) is 1.28. The highest BCUT2D eigenvalue weighted by Crippen LogP contribution is 2.21. The number of aryl methyl sites for hydroxylation is 1. The van der Waals surface area contributed by atoms with Crippen LogP contribution in [0.4, 0.5) is 0 Å². The van der Waals surface area contributed by atoms with Crippen LogP contribution in [0.2, 0.25) is 0 Å². The molecule has 1 aromatic heterocycles. The van der Waals surface area contributed by atoms with Crippen molar-refractivity contribution in [3.8, 4) is 5.69 Å². The summed E-state index contributed by atoms with van der Waals surface area (Å²) in [5, 5.41) is 13.1. The van der Waals surface area contributed by atoms with Crippen molar-refractivity contribution in [3.05, 3.63) is 41.7 Å². The van der Waals surface area contributed by atoms with Gasteiger partial charge in [-0.25, -0.2) is 17.9 Å². The molecule has 0 radical (unpaired) electrons. The number of carbonyl (C=O) groups is 1. The number of carboxylic acids is 1. The van der Waals surface area contributed by atoms with Gasteiger partial charge in [0.05, 0.1) is 21.8 Å². The standard InChI is InChI=1S/C12H12N2O4S/c1-8-5-6-14(13-8)10-7-9(12(15)16)3-4-11(10)19(2,17)18/h3-7H,1-2H3,(H,15,16). The van der Waals surface area contributed by atoms with Crippen molar-refractivity contribution >= 4 is 15.8 Å². The van der Waals surface area contributed by atoms with Gasteiger partial charge in [-0.2, -0.15) is 5.10 Å². The summed E-state index contributed by atoms with van der Waals surface area (Å²) in [4.78, 5) is 11.0. The van der Waals surface area contributed by atoms with Crippen LogP contribution in [-0.2, 0) is 9.84 Å². The minimum atomic E-state index is -3.47. The van der Waals surface area contributed by atoms with Crippen LogP contribution in [0, 0.1) is 6.92 Å². The zero-order valence-corrected chi connectivity index (χ0v) is 11.2. The molecule has 0 spiro atoms. The van der Waals surface area contributed by atoms with Crippen LogP contribution < -0.4 is 0 Å². The molecule has 0 saturated carbocycles. The summed E-state index contributed by atoms with van der Waals surface area (Å²) >= 11 is 0. The van der Waals surface area contributed by atoms with Crippen molar-refractivity contribution in [2.75, 3.05) is 6.26 Å².